The highest BCUT2D eigenvalue weighted by molar-refractivity contribution is 9.00. The fraction of sp³-hybridized carbons (Fsp3) is 0.529. The van der Waals surface area contributed by atoms with Crippen LogP contribution in [0.15, 0.2) is 30.3 Å². The van der Waals surface area contributed by atoms with Gasteiger partial charge in [0.15, 0.2) is 0 Å². The van der Waals surface area contributed by atoms with E-state index in [1.807, 2.05) is 44.2 Å². The molecule has 0 spiro atoms. The number of carbonyl (C=O) groups excluding carboxylic acids is 1. The number of carboxylic acids is 1. The maximum atomic E-state index is 12.7. The van der Waals surface area contributed by atoms with E-state index >= 15 is 0 Å². The van der Waals surface area contributed by atoms with E-state index in [1.54, 1.807) is 29.7 Å². The molecule has 0 aromatic heterocycles. The van der Waals surface area contributed by atoms with Crippen molar-refractivity contribution < 1.29 is 19.4 Å². The molecule has 0 aliphatic heterocycles. The second-order valence-electron chi connectivity index (χ2n) is 5.36. The molecule has 1 unspecified atom stereocenters. The maximum Gasteiger partial charge on any atom is 0.411 e. The topological polar surface area (TPSA) is 66.8 Å². The second kappa shape index (κ2) is 11.9. The van der Waals surface area contributed by atoms with Crippen molar-refractivity contribution >= 4 is 51.1 Å². The normalized spacial score (nSPS) is 12.4. The summed E-state index contributed by atoms with van der Waals surface area (Å²) in [6, 6.07) is 8.39. The Morgan fingerprint density at radius 3 is 2.23 bits per heavy atom. The largest absolute Gasteiger partial charge is 0.480 e. The molecule has 0 saturated heterocycles. The molecule has 1 aromatic rings. The lowest BCUT2D eigenvalue weighted by Crippen LogP contribution is -2.45. The van der Waals surface area contributed by atoms with Crippen LogP contribution in [0.1, 0.15) is 32.8 Å². The number of aliphatic carboxylic acids is 1. The number of rotatable bonds is 11. The van der Waals surface area contributed by atoms with Gasteiger partial charge < -0.3 is 9.84 Å². The van der Waals surface area contributed by atoms with Gasteiger partial charge in [0.1, 0.15) is 12.6 Å². The molecule has 9 heteroatoms. The minimum atomic E-state index is -2.00. The predicted molar refractivity (Wildman–Crippen MR) is 116 cm³/mol. The van der Waals surface area contributed by atoms with E-state index in [9.17, 15) is 14.7 Å². The monoisotopic (exact) mass is 435 g/mol. The second-order valence-corrected chi connectivity index (χ2v) is 17.8. The Morgan fingerprint density at radius 1 is 1.19 bits per heavy atom. The first-order chi connectivity index (χ1) is 12.4. The molecular formula is C17H26NO4PS3. The van der Waals surface area contributed by atoms with Crippen LogP contribution in [-0.4, -0.2) is 45.9 Å². The van der Waals surface area contributed by atoms with Crippen LogP contribution in [0.2, 0.25) is 0 Å². The van der Waals surface area contributed by atoms with Crippen LogP contribution in [0.4, 0.5) is 4.79 Å². The minimum Gasteiger partial charge on any atom is -0.480 e. The average Bonchev–Trinajstić information content (AvgIpc) is 2.60. The maximum absolute atomic E-state index is 12.7. The molecule has 1 amide bonds. The lowest BCUT2D eigenvalue weighted by atomic mass is 10.2. The minimum absolute atomic E-state index is 0.108. The lowest BCUT2D eigenvalue weighted by Gasteiger charge is -2.32. The number of nitrogens with zero attached hydrogens (tertiary/aromatic N) is 1. The number of hydrogen-bond donors (Lipinski definition) is 1. The van der Waals surface area contributed by atoms with Crippen LogP contribution in [0.5, 0.6) is 0 Å². The number of hydrogen-bond acceptors (Lipinski definition) is 6. The van der Waals surface area contributed by atoms with Crippen molar-refractivity contribution in [1.29, 1.82) is 0 Å². The number of carbonyl (C=O) groups is 2. The van der Waals surface area contributed by atoms with Gasteiger partial charge in [0.25, 0.3) is 0 Å². The van der Waals surface area contributed by atoms with Gasteiger partial charge in [-0.3, -0.25) is 4.90 Å². The van der Waals surface area contributed by atoms with Crippen molar-refractivity contribution in [3.63, 3.8) is 0 Å². The summed E-state index contributed by atoms with van der Waals surface area (Å²) in [5.74, 6) is 0.635. The molecule has 1 atom stereocenters. The molecule has 5 nitrogen and oxygen atoms in total. The molecule has 0 aliphatic rings. The molecular weight excluding hydrogens is 409 g/mol. The van der Waals surface area contributed by atoms with Crippen molar-refractivity contribution in [2.75, 3.05) is 17.8 Å². The Labute approximate surface area is 168 Å². The SMILES string of the molecule is CCSP(=S)(CN(C(=O)OCc1ccccc1)C(CC)C(=O)O)SCC. The molecule has 1 N–H and O–H groups in total. The molecule has 0 aliphatic carbocycles. The Balaban J connectivity index is 2.97. The molecule has 0 fully saturated rings. The first-order valence-electron chi connectivity index (χ1n) is 8.45. The quantitative estimate of drug-likeness (QED) is 0.476. The highest BCUT2D eigenvalue weighted by atomic mass is 33.2. The van der Waals surface area contributed by atoms with Crippen molar-refractivity contribution in [1.82, 2.24) is 4.90 Å². The van der Waals surface area contributed by atoms with Gasteiger partial charge in [-0.05, 0) is 23.5 Å². The standard InChI is InChI=1S/C17H26NO4PS3/c1-4-15(16(19)20)18(13-23(24,25-5-2)26-6-3)17(21)22-12-14-10-8-7-9-11-14/h7-11,15H,4-6,12-13H2,1-3H3,(H,19,20). The fourth-order valence-corrected chi connectivity index (χ4v) is 12.7. The van der Waals surface area contributed by atoms with E-state index in [-0.39, 0.29) is 12.9 Å². The van der Waals surface area contributed by atoms with Crippen molar-refractivity contribution in [3.8, 4) is 0 Å². The van der Waals surface area contributed by atoms with E-state index in [4.69, 9.17) is 16.5 Å². The Morgan fingerprint density at radius 2 is 1.77 bits per heavy atom. The van der Waals surface area contributed by atoms with Gasteiger partial charge in [0, 0.05) is 0 Å². The van der Waals surface area contributed by atoms with E-state index in [2.05, 4.69) is 0 Å². The van der Waals surface area contributed by atoms with Gasteiger partial charge in [0.2, 0.25) is 0 Å². The average molecular weight is 436 g/mol. The summed E-state index contributed by atoms with van der Waals surface area (Å²) in [4.78, 5) is 25.7. The number of benzene rings is 1. The Bertz CT molecular complexity index is 620. The van der Waals surface area contributed by atoms with E-state index in [1.165, 1.54) is 4.90 Å². The van der Waals surface area contributed by atoms with Gasteiger partial charge in [-0.15, -0.1) is 22.8 Å². The van der Waals surface area contributed by atoms with Crippen LogP contribution >= 0.6 is 27.2 Å². The zero-order valence-corrected chi connectivity index (χ0v) is 18.6. The fourth-order valence-electron chi connectivity index (χ4n) is 2.31. The van der Waals surface area contributed by atoms with Gasteiger partial charge in [-0.25, -0.2) is 9.59 Å². The third kappa shape index (κ3) is 7.51. The highest BCUT2D eigenvalue weighted by Crippen LogP contribution is 2.69. The lowest BCUT2D eigenvalue weighted by molar-refractivity contribution is -0.142. The Hall–Kier alpha value is -0.690. The first-order valence-corrected chi connectivity index (χ1v) is 14.6. The molecule has 0 radical (unpaired) electrons. The predicted octanol–water partition coefficient (Wildman–Crippen LogP) is 5.26. The first kappa shape index (κ1) is 23.3. The summed E-state index contributed by atoms with van der Waals surface area (Å²) in [6.07, 6.45) is -0.0676. The van der Waals surface area contributed by atoms with Gasteiger partial charge in [0.05, 0.1) is 10.7 Å². The zero-order chi connectivity index (χ0) is 19.6. The summed E-state index contributed by atoms with van der Waals surface area (Å²) < 4.78 is 3.40. The number of carboxylic acid groups (broad SMARTS) is 1. The van der Waals surface area contributed by atoms with Crippen molar-refractivity contribution in [3.05, 3.63) is 35.9 Å². The van der Waals surface area contributed by atoms with Crippen LogP contribution in [0, 0.1) is 0 Å². The summed E-state index contributed by atoms with van der Waals surface area (Å²) in [5, 5.41) is 9.55. The smallest absolute Gasteiger partial charge is 0.411 e. The summed E-state index contributed by atoms with van der Waals surface area (Å²) in [7, 11) is 0. The van der Waals surface area contributed by atoms with E-state index in [0.717, 1.165) is 17.1 Å². The third-order valence-corrected chi connectivity index (χ3v) is 14.2. The highest BCUT2D eigenvalue weighted by Gasteiger charge is 2.34. The van der Waals surface area contributed by atoms with Crippen LogP contribution in [-0.2, 0) is 27.9 Å². The number of amides is 1. The van der Waals surface area contributed by atoms with Crippen LogP contribution < -0.4 is 0 Å². The number of ether oxygens (including phenoxy) is 1. The van der Waals surface area contributed by atoms with E-state index < -0.39 is 22.5 Å². The molecule has 1 rings (SSSR count). The van der Waals surface area contributed by atoms with Crippen LogP contribution in [0.25, 0.3) is 0 Å². The molecule has 0 saturated carbocycles. The molecule has 0 bridgehead atoms. The van der Waals surface area contributed by atoms with Gasteiger partial charge >= 0.3 is 12.1 Å². The van der Waals surface area contributed by atoms with Crippen molar-refractivity contribution in [2.45, 2.75) is 39.8 Å². The molecule has 1 aromatic carbocycles. The molecule has 0 heterocycles. The molecule has 146 valence electrons. The van der Waals surface area contributed by atoms with Crippen molar-refractivity contribution in [2.24, 2.45) is 0 Å². The van der Waals surface area contributed by atoms with Gasteiger partial charge in [-0.1, -0.05) is 62.9 Å². The van der Waals surface area contributed by atoms with Gasteiger partial charge in [-0.2, -0.15) is 0 Å². The summed E-state index contributed by atoms with van der Waals surface area (Å²) >= 11 is 9.12. The van der Waals surface area contributed by atoms with Crippen LogP contribution in [0.3, 0.4) is 0 Å². The Kier molecular flexibility index (Phi) is 10.7. The third-order valence-electron chi connectivity index (χ3n) is 3.46. The summed E-state index contributed by atoms with van der Waals surface area (Å²) in [5.41, 5.74) is 0.856. The molecule has 26 heavy (non-hydrogen) atoms. The summed E-state index contributed by atoms with van der Waals surface area (Å²) in [6.45, 7) is 5.90. The zero-order valence-electron chi connectivity index (χ0n) is 15.3. The van der Waals surface area contributed by atoms with E-state index in [0.29, 0.717) is 6.42 Å².